The van der Waals surface area contributed by atoms with E-state index in [0.717, 1.165) is 10.8 Å². The van der Waals surface area contributed by atoms with Crippen LogP contribution in [0.1, 0.15) is 13.3 Å². The van der Waals surface area contributed by atoms with Crippen LogP contribution in [-0.4, -0.2) is 18.0 Å². The number of hydrogen-bond donors (Lipinski definition) is 2. The molecule has 15 heavy (non-hydrogen) atoms. The van der Waals surface area contributed by atoms with Crippen molar-refractivity contribution in [3.8, 4) is 0 Å². The summed E-state index contributed by atoms with van der Waals surface area (Å²) in [6.45, 7) is 2.13. The highest BCUT2D eigenvalue weighted by Crippen LogP contribution is 1.96. The number of nitrogens with zero attached hydrogens (tertiary/aromatic N) is 1. The molecule has 0 fully saturated rings. The van der Waals surface area contributed by atoms with Crippen LogP contribution >= 0.6 is 0 Å². The van der Waals surface area contributed by atoms with Gasteiger partial charge in [0.1, 0.15) is 0 Å². The van der Waals surface area contributed by atoms with E-state index in [2.05, 4.69) is 0 Å². The predicted octanol–water partition coefficient (Wildman–Crippen LogP) is -1.41. The number of nitrogens with two attached hydrogens (primary N) is 1. The number of H-pyrrole nitrogens is 1. The summed E-state index contributed by atoms with van der Waals surface area (Å²) in [5, 5.41) is 4.81. The van der Waals surface area contributed by atoms with Gasteiger partial charge in [0.15, 0.2) is 4.90 Å². The van der Waals surface area contributed by atoms with E-state index in [9.17, 15) is 18.0 Å². The van der Waals surface area contributed by atoms with E-state index in [1.54, 1.807) is 0 Å². The lowest BCUT2D eigenvalue weighted by atomic mass is 10.5. The molecule has 0 aliphatic heterocycles. The number of aromatic nitrogens is 2. The molecular weight excluding hydrogens is 222 g/mol. The summed E-state index contributed by atoms with van der Waals surface area (Å²) in [6.07, 6.45) is 1.59. The molecular formula is C7H11N3O4S. The third-order valence-electron chi connectivity index (χ3n) is 1.75. The molecule has 0 saturated carbocycles. The molecule has 0 amide bonds. The van der Waals surface area contributed by atoms with Gasteiger partial charge >= 0.3 is 5.69 Å². The molecule has 0 aliphatic carbocycles. The lowest BCUT2D eigenvalue weighted by Gasteiger charge is -2.04. The van der Waals surface area contributed by atoms with Gasteiger partial charge in [-0.1, -0.05) is 6.92 Å². The van der Waals surface area contributed by atoms with Crippen molar-refractivity contribution in [1.29, 1.82) is 0 Å². The number of aryl methyl sites for hydroxylation is 1. The molecule has 3 N–H and O–H groups in total. The Hall–Kier alpha value is -1.41. The maximum absolute atomic E-state index is 11.2. The van der Waals surface area contributed by atoms with Crippen LogP contribution < -0.4 is 16.4 Å². The van der Waals surface area contributed by atoms with Crippen LogP contribution in [0.5, 0.6) is 0 Å². The Bertz CT molecular complexity index is 569. The van der Waals surface area contributed by atoms with Gasteiger partial charge < -0.3 is 0 Å². The zero-order chi connectivity index (χ0) is 11.6. The molecule has 1 aromatic rings. The second kappa shape index (κ2) is 3.99. The van der Waals surface area contributed by atoms with Crippen molar-refractivity contribution in [3.63, 3.8) is 0 Å². The molecule has 84 valence electrons. The second-order valence-electron chi connectivity index (χ2n) is 2.99. The first kappa shape index (κ1) is 11.7. The number of hydrogen-bond acceptors (Lipinski definition) is 4. The van der Waals surface area contributed by atoms with Crippen LogP contribution in [-0.2, 0) is 16.6 Å². The SMILES string of the molecule is CCCn1cc(S(N)(=O)=O)c(=O)[nH]c1=O. The summed E-state index contributed by atoms with van der Waals surface area (Å²) in [6, 6.07) is 0. The zero-order valence-corrected chi connectivity index (χ0v) is 8.87. The average molecular weight is 233 g/mol. The van der Waals surface area contributed by atoms with Gasteiger partial charge in [0.05, 0.1) is 0 Å². The first-order valence-electron chi connectivity index (χ1n) is 4.23. The molecule has 1 rings (SSSR count). The van der Waals surface area contributed by atoms with Crippen molar-refractivity contribution in [2.75, 3.05) is 0 Å². The van der Waals surface area contributed by atoms with Gasteiger partial charge in [0.25, 0.3) is 5.56 Å². The largest absolute Gasteiger partial charge is 0.328 e. The summed E-state index contributed by atoms with van der Waals surface area (Å²) in [4.78, 5) is 23.6. The van der Waals surface area contributed by atoms with Gasteiger partial charge in [0.2, 0.25) is 10.0 Å². The molecule has 0 unspecified atom stereocenters. The molecule has 8 heteroatoms. The minimum absolute atomic E-state index is 0.318. The van der Waals surface area contributed by atoms with E-state index in [-0.39, 0.29) is 0 Å². The van der Waals surface area contributed by atoms with Crippen LogP contribution in [0.3, 0.4) is 0 Å². The first-order chi connectivity index (χ1) is 6.86. The Balaban J connectivity index is 3.51. The highest BCUT2D eigenvalue weighted by molar-refractivity contribution is 7.89. The summed E-state index contributed by atoms with van der Waals surface area (Å²) in [5.41, 5.74) is -1.64. The molecule has 1 aromatic heterocycles. The maximum Gasteiger partial charge on any atom is 0.328 e. The van der Waals surface area contributed by atoms with Gasteiger partial charge in [-0.2, -0.15) is 0 Å². The van der Waals surface area contributed by atoms with Crippen LogP contribution in [0.2, 0.25) is 0 Å². The Morgan fingerprint density at radius 3 is 2.53 bits per heavy atom. The van der Waals surface area contributed by atoms with Gasteiger partial charge in [-0.3, -0.25) is 14.3 Å². The van der Waals surface area contributed by atoms with E-state index >= 15 is 0 Å². The van der Waals surface area contributed by atoms with Crippen molar-refractivity contribution >= 4 is 10.0 Å². The highest BCUT2D eigenvalue weighted by atomic mass is 32.2. The van der Waals surface area contributed by atoms with Crippen molar-refractivity contribution in [2.24, 2.45) is 5.14 Å². The first-order valence-corrected chi connectivity index (χ1v) is 5.77. The maximum atomic E-state index is 11.2. The highest BCUT2D eigenvalue weighted by Gasteiger charge is 2.14. The quantitative estimate of drug-likeness (QED) is 0.667. The Morgan fingerprint density at radius 2 is 2.07 bits per heavy atom. The standard InChI is InChI=1S/C7H11N3O4S/c1-2-3-10-4-5(15(8,13)14)6(11)9-7(10)12/h4H,2-3H2,1H3,(H2,8,13,14)(H,9,11,12). The van der Waals surface area contributed by atoms with Crippen LogP contribution in [0, 0.1) is 0 Å². The van der Waals surface area contributed by atoms with E-state index in [1.165, 1.54) is 0 Å². The van der Waals surface area contributed by atoms with E-state index in [1.807, 2.05) is 11.9 Å². The fourth-order valence-corrected chi connectivity index (χ4v) is 1.68. The topological polar surface area (TPSA) is 115 Å². The van der Waals surface area contributed by atoms with E-state index < -0.39 is 26.2 Å². The number of aromatic amines is 1. The molecule has 1 heterocycles. The normalized spacial score (nSPS) is 11.6. The predicted molar refractivity (Wildman–Crippen MR) is 53.0 cm³/mol. The zero-order valence-electron chi connectivity index (χ0n) is 8.06. The molecule has 0 aromatic carbocycles. The van der Waals surface area contributed by atoms with Gasteiger partial charge in [0, 0.05) is 12.7 Å². The van der Waals surface area contributed by atoms with Crippen LogP contribution in [0.15, 0.2) is 20.7 Å². The van der Waals surface area contributed by atoms with E-state index in [0.29, 0.717) is 13.0 Å². The van der Waals surface area contributed by atoms with Crippen molar-refractivity contribution in [2.45, 2.75) is 24.8 Å². The second-order valence-corrected chi connectivity index (χ2v) is 4.52. The summed E-state index contributed by atoms with van der Waals surface area (Å²) in [7, 11) is -4.09. The molecule has 0 radical (unpaired) electrons. The summed E-state index contributed by atoms with van der Waals surface area (Å²) >= 11 is 0. The fourth-order valence-electron chi connectivity index (χ4n) is 1.10. The van der Waals surface area contributed by atoms with Crippen molar-refractivity contribution in [1.82, 2.24) is 9.55 Å². The van der Waals surface area contributed by atoms with Gasteiger partial charge in [-0.05, 0) is 6.42 Å². The third-order valence-corrected chi connectivity index (χ3v) is 2.65. The number of rotatable bonds is 3. The summed E-state index contributed by atoms with van der Waals surface area (Å²) in [5.74, 6) is 0. The van der Waals surface area contributed by atoms with Gasteiger partial charge in [-0.25, -0.2) is 18.4 Å². The number of nitrogens with one attached hydrogen (secondary N) is 1. The minimum atomic E-state index is -4.09. The lowest BCUT2D eigenvalue weighted by molar-refractivity contribution is 0.584. The Labute approximate surface area is 85.6 Å². The Kier molecular flexibility index (Phi) is 3.10. The lowest BCUT2D eigenvalue weighted by Crippen LogP contribution is -2.34. The molecule has 0 spiro atoms. The number of primary sulfonamides is 1. The smallest absolute Gasteiger partial charge is 0.299 e. The minimum Gasteiger partial charge on any atom is -0.299 e. The summed E-state index contributed by atoms with van der Waals surface area (Å²) < 4.78 is 23.0. The molecule has 0 aliphatic rings. The van der Waals surface area contributed by atoms with Crippen LogP contribution in [0.4, 0.5) is 0 Å². The van der Waals surface area contributed by atoms with Crippen LogP contribution in [0.25, 0.3) is 0 Å². The fraction of sp³-hybridized carbons (Fsp3) is 0.429. The van der Waals surface area contributed by atoms with Crippen molar-refractivity contribution < 1.29 is 8.42 Å². The van der Waals surface area contributed by atoms with Crippen molar-refractivity contribution in [3.05, 3.63) is 27.0 Å². The van der Waals surface area contributed by atoms with E-state index in [4.69, 9.17) is 5.14 Å². The molecule has 0 bridgehead atoms. The Morgan fingerprint density at radius 1 is 1.47 bits per heavy atom. The average Bonchev–Trinajstić information content (AvgIpc) is 2.07. The third kappa shape index (κ3) is 2.54. The molecule has 7 nitrogen and oxygen atoms in total. The molecule has 0 saturated heterocycles. The monoisotopic (exact) mass is 233 g/mol. The molecule has 0 atom stereocenters. The van der Waals surface area contributed by atoms with Gasteiger partial charge in [-0.15, -0.1) is 0 Å². The number of sulfonamides is 1.